The number of nitrogens with one attached hydrogen (secondary N) is 1. The first-order chi connectivity index (χ1) is 20.1. The fourth-order valence-corrected chi connectivity index (χ4v) is 5.62. The Balaban J connectivity index is 1.90. The number of para-hydroxylation sites is 1. The molecule has 0 spiro atoms. The van der Waals surface area contributed by atoms with Crippen LogP contribution in [0.25, 0.3) is 10.8 Å². The van der Waals surface area contributed by atoms with E-state index in [2.05, 4.69) is 25.8 Å². The Hall–Kier alpha value is -4.49. The summed E-state index contributed by atoms with van der Waals surface area (Å²) < 4.78 is 90.4. The molecule has 4 rings (SSSR count). The third kappa shape index (κ3) is 7.30. The molecule has 0 radical (unpaired) electrons. The zero-order valence-corrected chi connectivity index (χ0v) is 24.5. The average molecular weight is 650 g/mol. The number of fused-ring (bicyclic) bond motifs is 1. The largest absolute Gasteiger partial charge is 0.506 e. The number of phenols is 2. The summed E-state index contributed by atoms with van der Waals surface area (Å²) in [5.41, 5.74) is -0.646. The van der Waals surface area contributed by atoms with Crippen LogP contribution in [-0.2, 0) is 30.1 Å². The van der Waals surface area contributed by atoms with Gasteiger partial charge in [0.15, 0.2) is 15.6 Å². The zero-order chi connectivity index (χ0) is 31.6. The molecular formula is C25H23N5O10S3. The van der Waals surface area contributed by atoms with Crippen molar-refractivity contribution in [1.82, 2.24) is 0 Å². The van der Waals surface area contributed by atoms with E-state index in [1.54, 1.807) is 12.1 Å². The van der Waals surface area contributed by atoms with Crippen molar-refractivity contribution in [2.24, 2.45) is 20.5 Å². The molecule has 18 heteroatoms. The quantitative estimate of drug-likeness (QED) is 0.108. The molecule has 43 heavy (non-hydrogen) atoms. The van der Waals surface area contributed by atoms with Gasteiger partial charge in [-0.25, -0.2) is 8.42 Å². The molecule has 4 aromatic carbocycles. The minimum atomic E-state index is -4.89. The molecule has 5 N–H and O–H groups in total. The Morgan fingerprint density at radius 1 is 0.721 bits per heavy atom. The van der Waals surface area contributed by atoms with Crippen LogP contribution in [0.3, 0.4) is 0 Å². The topological polar surface area (TPSA) is 245 Å². The first kappa shape index (κ1) is 31.4. The van der Waals surface area contributed by atoms with Gasteiger partial charge in [-0.3, -0.25) is 9.11 Å². The van der Waals surface area contributed by atoms with Gasteiger partial charge in [-0.2, -0.15) is 16.8 Å². The predicted octanol–water partition coefficient (Wildman–Crippen LogP) is 5.38. The van der Waals surface area contributed by atoms with E-state index in [1.165, 1.54) is 43.3 Å². The monoisotopic (exact) mass is 649 g/mol. The minimum absolute atomic E-state index is 0.0246. The SMILES string of the molecule is CCS(=O)(=O)c1ccc(S(=O)(=O)O)c(/N=N/c2c(NCS(=O)(=O)O)ccc3c(O)c(/N=N/c4ccccc4O)ccc23)c1. The van der Waals surface area contributed by atoms with Gasteiger partial charge >= 0.3 is 0 Å². The van der Waals surface area contributed by atoms with Gasteiger partial charge in [-0.1, -0.05) is 19.1 Å². The van der Waals surface area contributed by atoms with Crippen LogP contribution in [0.5, 0.6) is 11.5 Å². The lowest BCUT2D eigenvalue weighted by Gasteiger charge is -2.12. The molecule has 0 fully saturated rings. The van der Waals surface area contributed by atoms with E-state index in [9.17, 15) is 44.6 Å². The maximum Gasteiger partial charge on any atom is 0.296 e. The van der Waals surface area contributed by atoms with Gasteiger partial charge in [0, 0.05) is 10.8 Å². The number of sulfone groups is 1. The molecular weight excluding hydrogens is 627 g/mol. The third-order valence-electron chi connectivity index (χ3n) is 5.92. The van der Waals surface area contributed by atoms with Crippen molar-refractivity contribution < 1.29 is 44.6 Å². The fourth-order valence-electron chi connectivity index (χ4n) is 3.78. The number of azo groups is 2. The molecule has 0 unspecified atom stereocenters. The van der Waals surface area contributed by atoms with Crippen LogP contribution in [0.15, 0.2) is 97.0 Å². The molecule has 0 aliphatic heterocycles. The number of nitrogens with zero attached hydrogens (tertiary/aromatic N) is 4. The van der Waals surface area contributed by atoms with Gasteiger partial charge < -0.3 is 15.5 Å². The smallest absolute Gasteiger partial charge is 0.296 e. The summed E-state index contributed by atoms with van der Waals surface area (Å²) >= 11 is 0. The van der Waals surface area contributed by atoms with E-state index >= 15 is 0 Å². The first-order valence-corrected chi connectivity index (χ1v) is 16.7. The number of phenolic OH excluding ortho intramolecular Hbond substituents is 2. The van der Waals surface area contributed by atoms with Crippen LogP contribution in [0.1, 0.15) is 6.92 Å². The molecule has 0 amide bonds. The van der Waals surface area contributed by atoms with Crippen molar-refractivity contribution in [2.75, 3.05) is 16.9 Å². The highest BCUT2D eigenvalue weighted by atomic mass is 32.2. The summed E-state index contributed by atoms with van der Waals surface area (Å²) in [5, 5.41) is 39.3. The highest BCUT2D eigenvalue weighted by Crippen LogP contribution is 2.43. The number of benzene rings is 4. The van der Waals surface area contributed by atoms with Crippen molar-refractivity contribution in [1.29, 1.82) is 0 Å². The van der Waals surface area contributed by atoms with Crippen molar-refractivity contribution >= 4 is 69.3 Å². The van der Waals surface area contributed by atoms with Crippen molar-refractivity contribution in [3.05, 3.63) is 66.7 Å². The molecule has 4 aromatic rings. The van der Waals surface area contributed by atoms with E-state index in [0.29, 0.717) is 0 Å². The molecule has 226 valence electrons. The Labute approximate surface area is 245 Å². The lowest BCUT2D eigenvalue weighted by atomic mass is 10.1. The molecule has 0 aliphatic rings. The number of rotatable bonds is 10. The van der Waals surface area contributed by atoms with E-state index in [4.69, 9.17) is 0 Å². The minimum Gasteiger partial charge on any atom is -0.506 e. The van der Waals surface area contributed by atoms with Crippen LogP contribution in [0.4, 0.5) is 28.4 Å². The van der Waals surface area contributed by atoms with E-state index in [0.717, 1.165) is 18.2 Å². The Bertz CT molecular complexity index is 2120. The van der Waals surface area contributed by atoms with E-state index < -0.39 is 52.3 Å². The van der Waals surface area contributed by atoms with Crippen molar-refractivity contribution in [2.45, 2.75) is 16.7 Å². The van der Waals surface area contributed by atoms with Crippen molar-refractivity contribution in [3.63, 3.8) is 0 Å². The highest BCUT2D eigenvalue weighted by molar-refractivity contribution is 7.91. The lowest BCUT2D eigenvalue weighted by molar-refractivity contribution is 0.475. The standard InChI is InChI=1S/C25H23N5O10S3/c1-2-41(33,34)15-7-12-23(43(38,39)40)21(13-15)29-30-24-16-8-11-20(28-27-18-5-3-4-6-22(18)31)25(32)17(16)9-10-19(24)26-14-42(35,36)37/h3-13,26,31-32H,2,14H2,1H3,(H,35,36,37)(H,38,39,40)/b28-27+,30-29+. The van der Waals surface area contributed by atoms with E-state index in [1.807, 2.05) is 0 Å². The van der Waals surface area contributed by atoms with Gasteiger partial charge in [0.1, 0.15) is 39.3 Å². The van der Waals surface area contributed by atoms with Gasteiger partial charge in [0.05, 0.1) is 16.3 Å². The van der Waals surface area contributed by atoms with Gasteiger partial charge in [0.25, 0.3) is 20.2 Å². The second kappa shape index (κ2) is 12.0. The summed E-state index contributed by atoms with van der Waals surface area (Å²) in [6.07, 6.45) is 0. The number of anilines is 1. The third-order valence-corrected chi connectivity index (χ3v) is 9.06. The van der Waals surface area contributed by atoms with Crippen LogP contribution in [0.2, 0.25) is 0 Å². The molecule has 0 heterocycles. The van der Waals surface area contributed by atoms with Gasteiger partial charge in [-0.05, 0) is 54.6 Å². The molecule has 15 nitrogen and oxygen atoms in total. The average Bonchev–Trinajstić information content (AvgIpc) is 2.94. The summed E-state index contributed by atoms with van der Waals surface area (Å²) in [5.74, 6) is -1.82. The molecule has 0 aliphatic carbocycles. The van der Waals surface area contributed by atoms with Crippen LogP contribution in [0, 0.1) is 0 Å². The summed E-state index contributed by atoms with van der Waals surface area (Å²) in [6.45, 7) is 1.37. The first-order valence-electron chi connectivity index (χ1n) is 12.0. The van der Waals surface area contributed by atoms with Gasteiger partial charge in [-0.15, -0.1) is 20.5 Å². The summed E-state index contributed by atoms with van der Waals surface area (Å²) in [6, 6.07) is 14.2. The van der Waals surface area contributed by atoms with Crippen LogP contribution in [-0.4, -0.2) is 56.2 Å². The van der Waals surface area contributed by atoms with Crippen molar-refractivity contribution in [3.8, 4) is 11.5 Å². The number of aromatic hydroxyl groups is 2. The molecule has 0 saturated heterocycles. The second-order valence-electron chi connectivity index (χ2n) is 8.79. The Kier molecular flexibility index (Phi) is 8.79. The summed E-state index contributed by atoms with van der Waals surface area (Å²) in [4.78, 5) is -1.05. The fraction of sp³-hybridized carbons (Fsp3) is 0.120. The predicted molar refractivity (Wildman–Crippen MR) is 156 cm³/mol. The zero-order valence-electron chi connectivity index (χ0n) is 22.0. The maximum absolute atomic E-state index is 12.4. The van der Waals surface area contributed by atoms with Gasteiger partial charge in [0.2, 0.25) is 0 Å². The molecule has 0 bridgehead atoms. The lowest BCUT2D eigenvalue weighted by Crippen LogP contribution is -2.13. The Morgan fingerprint density at radius 2 is 1.37 bits per heavy atom. The normalized spacial score (nSPS) is 12.8. The number of hydrogen-bond donors (Lipinski definition) is 5. The molecule has 0 atom stereocenters. The van der Waals surface area contributed by atoms with E-state index in [-0.39, 0.29) is 49.9 Å². The van der Waals surface area contributed by atoms with Crippen LogP contribution >= 0.6 is 0 Å². The highest BCUT2D eigenvalue weighted by Gasteiger charge is 2.21. The Morgan fingerprint density at radius 3 is 2.02 bits per heavy atom. The summed E-state index contributed by atoms with van der Waals surface area (Å²) in [7, 11) is -13.2. The molecule has 0 aromatic heterocycles. The number of hydrogen-bond acceptors (Lipinski definition) is 13. The maximum atomic E-state index is 12.4. The molecule has 0 saturated carbocycles. The van der Waals surface area contributed by atoms with Crippen LogP contribution < -0.4 is 5.32 Å². The second-order valence-corrected chi connectivity index (χ2v) is 13.9.